The third-order valence-corrected chi connectivity index (χ3v) is 6.14. The van der Waals surface area contributed by atoms with Crippen molar-refractivity contribution in [3.8, 4) is 10.7 Å². The number of hydrogen-bond acceptors (Lipinski definition) is 7. The molecule has 150 valence electrons. The molecular weight excluding hydrogens is 396 g/mol. The van der Waals surface area contributed by atoms with Crippen molar-refractivity contribution < 1.29 is 4.79 Å². The van der Waals surface area contributed by atoms with E-state index in [4.69, 9.17) is 0 Å². The Labute approximate surface area is 177 Å². The maximum Gasteiger partial charge on any atom is 0.276 e. The third kappa shape index (κ3) is 3.73. The minimum Gasteiger partial charge on any atom is -0.357 e. The highest BCUT2D eigenvalue weighted by Crippen LogP contribution is 2.30. The van der Waals surface area contributed by atoms with Crippen LogP contribution in [0.5, 0.6) is 0 Å². The molecule has 7 nitrogen and oxygen atoms in total. The summed E-state index contributed by atoms with van der Waals surface area (Å²) in [5.74, 6) is 0.618. The number of aromatic nitrogens is 4. The van der Waals surface area contributed by atoms with Crippen molar-refractivity contribution in [2.24, 2.45) is 0 Å². The molecule has 4 aromatic rings. The average Bonchev–Trinajstić information content (AvgIpc) is 3.24. The molecular formula is C22H20N6OS. The highest BCUT2D eigenvalue weighted by molar-refractivity contribution is 7.21. The molecule has 0 aliphatic carbocycles. The Morgan fingerprint density at radius 3 is 2.60 bits per heavy atom. The molecule has 3 aromatic heterocycles. The SMILES string of the molecule is O=C(Nc1ccc(N2CCCCC2)nc1)c1nccnc1-c1nc2ccccc2s1. The van der Waals surface area contributed by atoms with E-state index in [-0.39, 0.29) is 11.6 Å². The van der Waals surface area contributed by atoms with Gasteiger partial charge in [0.05, 0.1) is 22.1 Å². The highest BCUT2D eigenvalue weighted by atomic mass is 32.1. The van der Waals surface area contributed by atoms with Crippen molar-refractivity contribution >= 4 is 39.0 Å². The van der Waals surface area contributed by atoms with E-state index in [9.17, 15) is 4.79 Å². The number of piperidine rings is 1. The normalized spacial score (nSPS) is 14.1. The average molecular weight is 417 g/mol. The van der Waals surface area contributed by atoms with Crippen LogP contribution in [0.3, 0.4) is 0 Å². The number of thiazole rings is 1. The molecule has 8 heteroatoms. The number of carbonyl (C=O) groups is 1. The molecule has 0 spiro atoms. The number of benzene rings is 1. The van der Waals surface area contributed by atoms with E-state index in [1.807, 2.05) is 36.4 Å². The van der Waals surface area contributed by atoms with Crippen LogP contribution in [0.25, 0.3) is 20.9 Å². The van der Waals surface area contributed by atoms with Gasteiger partial charge in [0.25, 0.3) is 5.91 Å². The Bertz CT molecular complexity index is 1150. The van der Waals surface area contributed by atoms with Crippen LogP contribution >= 0.6 is 11.3 Å². The fourth-order valence-electron chi connectivity index (χ4n) is 3.59. The summed E-state index contributed by atoms with van der Waals surface area (Å²) < 4.78 is 1.04. The topological polar surface area (TPSA) is 83.9 Å². The smallest absolute Gasteiger partial charge is 0.276 e. The van der Waals surface area contributed by atoms with E-state index in [0.717, 1.165) is 29.1 Å². The molecule has 0 bridgehead atoms. The Balaban J connectivity index is 1.38. The molecule has 1 fully saturated rings. The van der Waals surface area contributed by atoms with Gasteiger partial charge in [0, 0.05) is 25.5 Å². The van der Waals surface area contributed by atoms with E-state index >= 15 is 0 Å². The van der Waals surface area contributed by atoms with Crippen LogP contribution in [-0.4, -0.2) is 38.9 Å². The number of carbonyl (C=O) groups excluding carboxylic acids is 1. The van der Waals surface area contributed by atoms with E-state index in [2.05, 4.69) is 30.2 Å². The Morgan fingerprint density at radius 2 is 1.80 bits per heavy atom. The molecule has 1 saturated heterocycles. The summed E-state index contributed by atoms with van der Waals surface area (Å²) in [6.45, 7) is 2.06. The number of para-hydroxylation sites is 1. The van der Waals surface area contributed by atoms with Crippen molar-refractivity contribution in [1.29, 1.82) is 0 Å². The van der Waals surface area contributed by atoms with Crippen LogP contribution < -0.4 is 10.2 Å². The Morgan fingerprint density at radius 1 is 0.967 bits per heavy atom. The number of amides is 1. The first-order chi connectivity index (χ1) is 14.8. The van der Waals surface area contributed by atoms with Crippen LogP contribution in [0.1, 0.15) is 29.8 Å². The van der Waals surface area contributed by atoms with Gasteiger partial charge in [-0.05, 0) is 43.5 Å². The van der Waals surface area contributed by atoms with Gasteiger partial charge in [0.2, 0.25) is 0 Å². The zero-order valence-electron chi connectivity index (χ0n) is 16.3. The van der Waals surface area contributed by atoms with Gasteiger partial charge >= 0.3 is 0 Å². The Kier molecular flexibility index (Phi) is 5.06. The number of rotatable bonds is 4. The summed E-state index contributed by atoms with van der Waals surface area (Å²) in [5, 5.41) is 3.56. The van der Waals surface area contributed by atoms with Crippen LogP contribution in [0, 0.1) is 0 Å². The van der Waals surface area contributed by atoms with Gasteiger partial charge < -0.3 is 10.2 Å². The minimum atomic E-state index is -0.329. The fourth-order valence-corrected chi connectivity index (χ4v) is 4.56. The standard InChI is InChI=1S/C22H20N6OS/c29-21(26-15-8-9-18(25-14-15)28-12-4-1-5-13-28)19-20(24-11-10-23-19)22-27-16-6-2-3-7-17(16)30-22/h2-3,6-11,14H,1,4-5,12-13H2,(H,26,29). The van der Waals surface area contributed by atoms with E-state index in [1.165, 1.54) is 36.8 Å². The predicted molar refractivity (Wildman–Crippen MR) is 119 cm³/mol. The molecule has 1 aromatic carbocycles. The number of nitrogens with zero attached hydrogens (tertiary/aromatic N) is 5. The van der Waals surface area contributed by atoms with Crippen LogP contribution in [0.2, 0.25) is 0 Å². The summed E-state index contributed by atoms with van der Waals surface area (Å²) >= 11 is 1.49. The number of anilines is 2. The lowest BCUT2D eigenvalue weighted by molar-refractivity contribution is 0.102. The molecule has 4 heterocycles. The summed E-state index contributed by atoms with van der Waals surface area (Å²) in [6, 6.07) is 11.7. The van der Waals surface area contributed by atoms with Gasteiger partial charge in [-0.1, -0.05) is 12.1 Å². The van der Waals surface area contributed by atoms with Gasteiger partial charge in [-0.3, -0.25) is 4.79 Å². The van der Waals surface area contributed by atoms with Gasteiger partial charge in [-0.2, -0.15) is 0 Å². The number of hydrogen-bond donors (Lipinski definition) is 1. The molecule has 1 amide bonds. The first-order valence-corrected chi connectivity index (χ1v) is 10.8. The lowest BCUT2D eigenvalue weighted by Gasteiger charge is -2.27. The molecule has 30 heavy (non-hydrogen) atoms. The molecule has 1 aliphatic heterocycles. The molecule has 0 unspecified atom stereocenters. The number of pyridine rings is 1. The van der Waals surface area contributed by atoms with Gasteiger partial charge in [0.15, 0.2) is 5.69 Å². The van der Waals surface area contributed by atoms with Crippen molar-refractivity contribution in [3.05, 3.63) is 60.7 Å². The van der Waals surface area contributed by atoms with Gasteiger partial charge in [-0.15, -0.1) is 11.3 Å². The van der Waals surface area contributed by atoms with E-state index < -0.39 is 0 Å². The van der Waals surface area contributed by atoms with Crippen LogP contribution in [0.15, 0.2) is 55.0 Å². The van der Waals surface area contributed by atoms with Gasteiger partial charge in [0.1, 0.15) is 16.5 Å². The van der Waals surface area contributed by atoms with Crippen molar-refractivity contribution in [1.82, 2.24) is 19.9 Å². The summed E-state index contributed by atoms with van der Waals surface area (Å²) in [4.78, 5) is 33.0. The molecule has 0 saturated carbocycles. The van der Waals surface area contributed by atoms with Crippen LogP contribution in [0.4, 0.5) is 11.5 Å². The second-order valence-electron chi connectivity index (χ2n) is 7.15. The molecule has 5 rings (SSSR count). The summed E-state index contributed by atoms with van der Waals surface area (Å²) in [6.07, 6.45) is 8.45. The lowest BCUT2D eigenvalue weighted by atomic mass is 10.1. The fraction of sp³-hybridized carbons (Fsp3) is 0.227. The number of nitrogens with one attached hydrogen (secondary N) is 1. The predicted octanol–water partition coefficient (Wildman–Crippen LogP) is 4.39. The van der Waals surface area contributed by atoms with Gasteiger partial charge in [-0.25, -0.2) is 19.9 Å². The Hall–Kier alpha value is -3.39. The third-order valence-electron chi connectivity index (χ3n) is 5.10. The van der Waals surface area contributed by atoms with Crippen molar-refractivity contribution in [2.75, 3.05) is 23.3 Å². The minimum absolute atomic E-state index is 0.247. The summed E-state index contributed by atoms with van der Waals surface area (Å²) in [7, 11) is 0. The molecule has 1 aliphatic rings. The second kappa shape index (κ2) is 8.16. The molecule has 0 radical (unpaired) electrons. The van der Waals surface area contributed by atoms with Crippen molar-refractivity contribution in [3.63, 3.8) is 0 Å². The van der Waals surface area contributed by atoms with Crippen LogP contribution in [-0.2, 0) is 0 Å². The molecule has 1 N–H and O–H groups in total. The maximum absolute atomic E-state index is 12.9. The van der Waals surface area contributed by atoms with Crippen molar-refractivity contribution in [2.45, 2.75) is 19.3 Å². The zero-order chi connectivity index (χ0) is 20.3. The van der Waals surface area contributed by atoms with E-state index in [1.54, 1.807) is 12.4 Å². The zero-order valence-corrected chi connectivity index (χ0v) is 17.1. The highest BCUT2D eigenvalue weighted by Gasteiger charge is 2.19. The number of fused-ring (bicyclic) bond motifs is 1. The summed E-state index contributed by atoms with van der Waals surface area (Å²) in [5.41, 5.74) is 2.24. The first-order valence-electron chi connectivity index (χ1n) is 9.97. The lowest BCUT2D eigenvalue weighted by Crippen LogP contribution is -2.30. The second-order valence-corrected chi connectivity index (χ2v) is 8.18. The largest absolute Gasteiger partial charge is 0.357 e. The van der Waals surface area contributed by atoms with E-state index in [0.29, 0.717) is 16.4 Å². The molecule has 0 atom stereocenters. The monoisotopic (exact) mass is 416 g/mol. The quantitative estimate of drug-likeness (QED) is 0.531. The maximum atomic E-state index is 12.9. The first kappa shape index (κ1) is 18.6.